The first-order chi connectivity index (χ1) is 20.5. The predicted molar refractivity (Wildman–Crippen MR) is 171 cm³/mol. The number of hydrogen-bond donors (Lipinski definition) is 1. The highest BCUT2D eigenvalue weighted by atomic mass is 32.2. The minimum absolute atomic E-state index is 0.0846. The number of rotatable bonds is 11. The molecule has 0 aliphatic rings. The topological polar surface area (TPSA) is 86.8 Å². The maximum absolute atomic E-state index is 14.4. The number of amides is 2. The van der Waals surface area contributed by atoms with Crippen LogP contribution in [0.2, 0.25) is 0 Å². The van der Waals surface area contributed by atoms with Crippen LogP contribution in [-0.2, 0) is 32.6 Å². The van der Waals surface area contributed by atoms with Gasteiger partial charge in [-0.1, -0.05) is 83.9 Å². The average molecular weight is 598 g/mol. The molecule has 0 aliphatic heterocycles. The fourth-order valence-electron chi connectivity index (χ4n) is 4.86. The molecular weight excluding hydrogens is 558 g/mol. The number of aryl methyl sites for hydroxylation is 4. The van der Waals surface area contributed by atoms with E-state index in [-0.39, 0.29) is 23.8 Å². The Labute approximate surface area is 255 Å². The third-order valence-electron chi connectivity index (χ3n) is 7.66. The van der Waals surface area contributed by atoms with Gasteiger partial charge >= 0.3 is 0 Å². The Morgan fingerprint density at radius 1 is 0.744 bits per heavy atom. The Morgan fingerprint density at radius 2 is 1.35 bits per heavy atom. The Morgan fingerprint density at radius 3 is 1.93 bits per heavy atom. The molecule has 4 rings (SSSR count). The Kier molecular flexibility index (Phi) is 10.0. The van der Waals surface area contributed by atoms with Gasteiger partial charge in [-0.25, -0.2) is 8.42 Å². The molecule has 0 heterocycles. The van der Waals surface area contributed by atoms with Crippen LogP contribution < -0.4 is 9.62 Å². The summed E-state index contributed by atoms with van der Waals surface area (Å²) in [6, 6.07) is 28.3. The number of hydrogen-bond acceptors (Lipinski definition) is 4. The normalized spacial score (nSPS) is 11.9. The van der Waals surface area contributed by atoms with Gasteiger partial charge in [0.15, 0.2) is 0 Å². The van der Waals surface area contributed by atoms with Gasteiger partial charge in [-0.15, -0.1) is 0 Å². The summed E-state index contributed by atoms with van der Waals surface area (Å²) in [5.41, 5.74) is 6.00. The van der Waals surface area contributed by atoms with E-state index in [1.54, 1.807) is 36.4 Å². The second kappa shape index (κ2) is 13.7. The summed E-state index contributed by atoms with van der Waals surface area (Å²) in [7, 11) is -2.59. The van der Waals surface area contributed by atoms with E-state index in [4.69, 9.17) is 0 Å². The highest BCUT2D eigenvalue weighted by molar-refractivity contribution is 7.92. The number of carbonyl (C=O) groups excluding carboxylic acids is 2. The van der Waals surface area contributed by atoms with Crippen molar-refractivity contribution < 1.29 is 18.0 Å². The number of carbonyl (C=O) groups is 2. The van der Waals surface area contributed by atoms with E-state index in [1.165, 1.54) is 11.9 Å². The monoisotopic (exact) mass is 597 g/mol. The van der Waals surface area contributed by atoms with E-state index in [0.717, 1.165) is 37.7 Å². The minimum atomic E-state index is -4.13. The zero-order valence-electron chi connectivity index (χ0n) is 25.4. The second-order valence-corrected chi connectivity index (χ2v) is 12.8. The Bertz CT molecular complexity index is 1670. The molecule has 224 valence electrons. The van der Waals surface area contributed by atoms with Gasteiger partial charge in [0.1, 0.15) is 12.6 Å². The quantitative estimate of drug-likeness (QED) is 0.247. The van der Waals surface area contributed by atoms with Crippen LogP contribution in [0.3, 0.4) is 0 Å². The van der Waals surface area contributed by atoms with Crippen LogP contribution in [0.5, 0.6) is 0 Å². The maximum atomic E-state index is 14.4. The lowest BCUT2D eigenvalue weighted by atomic mass is 10.0. The van der Waals surface area contributed by atoms with Crippen molar-refractivity contribution in [3.8, 4) is 0 Å². The van der Waals surface area contributed by atoms with Crippen LogP contribution in [0.25, 0.3) is 0 Å². The molecular formula is C35H39N3O4S. The highest BCUT2D eigenvalue weighted by Crippen LogP contribution is 2.27. The summed E-state index contributed by atoms with van der Waals surface area (Å²) >= 11 is 0. The summed E-state index contributed by atoms with van der Waals surface area (Å²) in [5.74, 6) is -0.817. The molecule has 0 saturated carbocycles. The predicted octanol–water partition coefficient (Wildman–Crippen LogP) is 5.50. The summed E-state index contributed by atoms with van der Waals surface area (Å²) in [6.07, 6.45) is 0.270. The van der Waals surface area contributed by atoms with Crippen molar-refractivity contribution in [2.75, 3.05) is 17.9 Å². The van der Waals surface area contributed by atoms with Crippen molar-refractivity contribution >= 4 is 27.5 Å². The van der Waals surface area contributed by atoms with Crippen LogP contribution in [0.4, 0.5) is 5.69 Å². The van der Waals surface area contributed by atoms with Crippen molar-refractivity contribution in [2.24, 2.45) is 0 Å². The van der Waals surface area contributed by atoms with Gasteiger partial charge in [-0.2, -0.15) is 0 Å². The van der Waals surface area contributed by atoms with Gasteiger partial charge in [0, 0.05) is 20.0 Å². The lowest BCUT2D eigenvalue weighted by molar-refractivity contribution is -0.139. The van der Waals surface area contributed by atoms with E-state index in [2.05, 4.69) is 5.32 Å². The lowest BCUT2D eigenvalue weighted by Crippen LogP contribution is -2.53. The number of benzene rings is 4. The molecule has 0 bridgehead atoms. The first-order valence-electron chi connectivity index (χ1n) is 14.3. The average Bonchev–Trinajstić information content (AvgIpc) is 3.00. The Hall–Kier alpha value is -4.43. The minimum Gasteiger partial charge on any atom is -0.357 e. The molecule has 2 amide bonds. The van der Waals surface area contributed by atoms with Crippen molar-refractivity contribution in [3.05, 3.63) is 130 Å². The first-order valence-corrected chi connectivity index (χ1v) is 15.7. The number of sulfonamides is 1. The van der Waals surface area contributed by atoms with Crippen molar-refractivity contribution in [3.63, 3.8) is 0 Å². The largest absolute Gasteiger partial charge is 0.357 e. The molecule has 4 aromatic carbocycles. The molecule has 4 aromatic rings. The molecule has 0 radical (unpaired) electrons. The van der Waals surface area contributed by atoms with Gasteiger partial charge in [0.05, 0.1) is 10.6 Å². The molecule has 1 atom stereocenters. The van der Waals surface area contributed by atoms with Crippen LogP contribution in [0.15, 0.2) is 102 Å². The third-order valence-corrected chi connectivity index (χ3v) is 9.45. The molecule has 43 heavy (non-hydrogen) atoms. The molecule has 8 heteroatoms. The second-order valence-electron chi connectivity index (χ2n) is 10.9. The van der Waals surface area contributed by atoms with E-state index in [0.29, 0.717) is 5.69 Å². The van der Waals surface area contributed by atoms with Gasteiger partial charge in [-0.3, -0.25) is 13.9 Å². The summed E-state index contributed by atoms with van der Waals surface area (Å²) in [4.78, 5) is 29.3. The summed E-state index contributed by atoms with van der Waals surface area (Å²) in [5, 5.41) is 2.71. The number of nitrogens with zero attached hydrogens (tertiary/aromatic N) is 2. The van der Waals surface area contributed by atoms with Crippen molar-refractivity contribution in [2.45, 2.75) is 51.6 Å². The van der Waals surface area contributed by atoms with E-state index in [1.807, 2.05) is 88.4 Å². The maximum Gasteiger partial charge on any atom is 0.264 e. The van der Waals surface area contributed by atoms with Gasteiger partial charge in [-0.05, 0) is 74.2 Å². The lowest BCUT2D eigenvalue weighted by Gasteiger charge is -2.33. The molecule has 0 aromatic heterocycles. The standard InChI is InChI=1S/C35H39N3O4S/c1-25-11-16-30(17-12-25)23-37(33(35(40)36-5)22-29-9-7-6-8-10-29)34(39)24-38(31-18-15-27(3)28(4)21-31)43(41,42)32-19-13-26(2)14-20-32/h6-21,33H,22-24H2,1-5H3,(H,36,40)/t33-/m1/s1. The summed E-state index contributed by atoms with van der Waals surface area (Å²) < 4.78 is 29.4. The zero-order chi connectivity index (χ0) is 31.1. The van der Waals surface area contributed by atoms with E-state index < -0.39 is 28.5 Å². The van der Waals surface area contributed by atoms with Gasteiger partial charge in [0.2, 0.25) is 11.8 Å². The van der Waals surface area contributed by atoms with Crippen LogP contribution in [0, 0.1) is 27.7 Å². The molecule has 0 aliphatic carbocycles. The first kappa shape index (κ1) is 31.5. The van der Waals surface area contributed by atoms with Crippen LogP contribution in [-0.4, -0.2) is 44.8 Å². The van der Waals surface area contributed by atoms with Crippen LogP contribution in [0.1, 0.15) is 33.4 Å². The van der Waals surface area contributed by atoms with Crippen molar-refractivity contribution in [1.82, 2.24) is 10.2 Å². The number of nitrogens with one attached hydrogen (secondary N) is 1. The number of likely N-dealkylation sites (N-methyl/N-ethyl adjacent to an activating group) is 1. The smallest absolute Gasteiger partial charge is 0.264 e. The molecule has 7 nitrogen and oxygen atoms in total. The highest BCUT2D eigenvalue weighted by Gasteiger charge is 2.34. The van der Waals surface area contributed by atoms with Crippen LogP contribution >= 0.6 is 0 Å². The molecule has 0 spiro atoms. The van der Waals surface area contributed by atoms with E-state index >= 15 is 0 Å². The Balaban J connectivity index is 1.80. The van der Waals surface area contributed by atoms with Gasteiger partial charge < -0.3 is 10.2 Å². The molecule has 1 N–H and O–H groups in total. The zero-order valence-corrected chi connectivity index (χ0v) is 26.2. The fourth-order valence-corrected chi connectivity index (χ4v) is 6.26. The summed E-state index contributed by atoms with van der Waals surface area (Å²) in [6.45, 7) is 7.37. The number of anilines is 1. The van der Waals surface area contributed by atoms with E-state index in [9.17, 15) is 18.0 Å². The fraction of sp³-hybridized carbons (Fsp3) is 0.257. The molecule has 0 saturated heterocycles. The molecule has 0 fully saturated rings. The SMILES string of the molecule is CNC(=O)[C@@H](Cc1ccccc1)N(Cc1ccc(C)cc1)C(=O)CN(c1ccc(C)c(C)c1)S(=O)(=O)c1ccc(C)cc1. The molecule has 0 unspecified atom stereocenters. The van der Waals surface area contributed by atoms with Crippen molar-refractivity contribution in [1.29, 1.82) is 0 Å². The third kappa shape index (κ3) is 7.70. The van der Waals surface area contributed by atoms with Gasteiger partial charge in [0.25, 0.3) is 10.0 Å².